The Morgan fingerprint density at radius 1 is 1.15 bits per heavy atom. The van der Waals surface area contributed by atoms with Gasteiger partial charge in [-0.25, -0.2) is 9.59 Å². The fourth-order valence-electron chi connectivity index (χ4n) is 9.24. The second-order valence-corrected chi connectivity index (χ2v) is 13.8. The molecule has 0 N–H and O–H groups in total. The van der Waals surface area contributed by atoms with Crippen LogP contribution in [-0.2, 0) is 38.1 Å². The predicted octanol–water partition coefficient (Wildman–Crippen LogP) is 4.56. The molecule has 1 spiro atoms. The van der Waals surface area contributed by atoms with Crippen LogP contribution >= 0.6 is 0 Å². The normalized spacial score (nSPS) is 44.0. The molecular formula is C32H40O8. The van der Waals surface area contributed by atoms with Gasteiger partial charge in [0.15, 0.2) is 5.78 Å². The molecule has 1 saturated carbocycles. The molecule has 0 radical (unpaired) electrons. The van der Waals surface area contributed by atoms with Crippen molar-refractivity contribution in [1.82, 2.24) is 0 Å². The fourth-order valence-corrected chi connectivity index (χ4v) is 9.24. The zero-order valence-corrected chi connectivity index (χ0v) is 24.5. The zero-order chi connectivity index (χ0) is 29.0. The van der Waals surface area contributed by atoms with Crippen LogP contribution in [0.15, 0.2) is 34.9 Å². The third kappa shape index (κ3) is 3.60. The lowest BCUT2D eigenvalue weighted by atomic mass is 9.51. The van der Waals surface area contributed by atoms with E-state index in [4.69, 9.17) is 18.9 Å². The summed E-state index contributed by atoms with van der Waals surface area (Å²) in [6.07, 6.45) is 6.74. The number of carbonyl (C=O) groups is 4. The monoisotopic (exact) mass is 552 g/mol. The Bertz CT molecular complexity index is 1300. The smallest absolute Gasteiger partial charge is 0.333 e. The molecule has 216 valence electrons. The number of esters is 3. The lowest BCUT2D eigenvalue weighted by Gasteiger charge is -2.52. The van der Waals surface area contributed by atoms with E-state index in [0.717, 1.165) is 5.57 Å². The highest BCUT2D eigenvalue weighted by Gasteiger charge is 2.73. The predicted molar refractivity (Wildman–Crippen MR) is 144 cm³/mol. The number of hydrogen-bond donors (Lipinski definition) is 0. The van der Waals surface area contributed by atoms with Crippen molar-refractivity contribution in [2.45, 2.75) is 110 Å². The minimum atomic E-state index is -0.782. The zero-order valence-electron chi connectivity index (χ0n) is 24.5. The number of ketones is 1. The van der Waals surface area contributed by atoms with Crippen molar-refractivity contribution in [1.29, 1.82) is 0 Å². The summed E-state index contributed by atoms with van der Waals surface area (Å²) in [5.41, 5.74) is -0.392. The van der Waals surface area contributed by atoms with Gasteiger partial charge in [0.2, 0.25) is 0 Å². The molecule has 6 rings (SSSR count). The van der Waals surface area contributed by atoms with Gasteiger partial charge in [-0.05, 0) is 63.4 Å². The molecule has 6 aliphatic rings. The number of hydrogen-bond acceptors (Lipinski definition) is 8. The fraction of sp³-hybridized carbons (Fsp3) is 0.688. The van der Waals surface area contributed by atoms with Gasteiger partial charge in [-0.3, -0.25) is 9.59 Å². The Balaban J connectivity index is 1.44. The molecule has 3 heterocycles. The van der Waals surface area contributed by atoms with E-state index in [2.05, 4.69) is 20.8 Å². The largest absolute Gasteiger partial charge is 0.462 e. The first kappa shape index (κ1) is 27.4. The summed E-state index contributed by atoms with van der Waals surface area (Å²) >= 11 is 0. The first-order valence-corrected chi connectivity index (χ1v) is 14.6. The summed E-state index contributed by atoms with van der Waals surface area (Å²) < 4.78 is 24.2. The minimum Gasteiger partial charge on any atom is -0.462 e. The molecule has 8 heteroatoms. The number of carbonyl (C=O) groups excluding carboxylic acids is 4. The van der Waals surface area contributed by atoms with Crippen LogP contribution in [0.4, 0.5) is 0 Å². The lowest BCUT2D eigenvalue weighted by molar-refractivity contribution is -0.156. The maximum atomic E-state index is 14.2. The van der Waals surface area contributed by atoms with Crippen LogP contribution in [0.5, 0.6) is 0 Å². The van der Waals surface area contributed by atoms with Crippen LogP contribution in [-0.4, -0.2) is 53.2 Å². The Labute approximate surface area is 235 Å². The van der Waals surface area contributed by atoms with E-state index in [1.165, 1.54) is 13.0 Å². The highest BCUT2D eigenvalue weighted by atomic mass is 16.6. The van der Waals surface area contributed by atoms with Gasteiger partial charge in [-0.15, -0.1) is 0 Å². The minimum absolute atomic E-state index is 0.0236. The summed E-state index contributed by atoms with van der Waals surface area (Å²) in [5, 5.41) is 0. The Kier molecular flexibility index (Phi) is 5.92. The molecule has 3 aliphatic heterocycles. The number of epoxide rings is 1. The molecule has 0 aromatic heterocycles. The highest BCUT2D eigenvalue weighted by molar-refractivity contribution is 6.00. The van der Waals surface area contributed by atoms with Crippen LogP contribution in [0.1, 0.15) is 80.6 Å². The van der Waals surface area contributed by atoms with Crippen LogP contribution in [0, 0.1) is 28.6 Å². The lowest BCUT2D eigenvalue weighted by Crippen LogP contribution is -2.51. The molecule has 0 aromatic rings. The van der Waals surface area contributed by atoms with E-state index in [1.807, 2.05) is 19.9 Å². The van der Waals surface area contributed by atoms with Gasteiger partial charge >= 0.3 is 17.9 Å². The SMILES string of the molecule is CC(=O)O[C@@H]1C[C@H]([C@H](C)[C@@H]2CC=C(C)C(=O)O2)[C@@]2(C)CC(=O)C3=C(CC[C@H]4C(C)(C)OC(=O)C=C[C@]45O[C@H]35)[C@]12C. The van der Waals surface area contributed by atoms with Crippen LogP contribution in [0.2, 0.25) is 0 Å². The Morgan fingerprint density at radius 3 is 2.55 bits per heavy atom. The first-order valence-electron chi connectivity index (χ1n) is 14.6. The van der Waals surface area contributed by atoms with Gasteiger partial charge in [0.05, 0.1) is 0 Å². The van der Waals surface area contributed by atoms with E-state index in [1.54, 1.807) is 13.0 Å². The maximum absolute atomic E-state index is 14.2. The van der Waals surface area contributed by atoms with E-state index < -0.39 is 40.2 Å². The van der Waals surface area contributed by atoms with E-state index in [-0.39, 0.29) is 48.0 Å². The molecule has 8 nitrogen and oxygen atoms in total. The summed E-state index contributed by atoms with van der Waals surface area (Å²) in [6.45, 7) is 13.4. The second kappa shape index (κ2) is 8.63. The number of cyclic esters (lactones) is 2. The molecule has 9 atom stereocenters. The molecule has 3 aliphatic carbocycles. The van der Waals surface area contributed by atoms with Crippen LogP contribution in [0.25, 0.3) is 0 Å². The Morgan fingerprint density at radius 2 is 1.88 bits per heavy atom. The quantitative estimate of drug-likeness (QED) is 0.285. The van der Waals surface area contributed by atoms with Gasteiger partial charge in [0.1, 0.15) is 29.5 Å². The van der Waals surface area contributed by atoms with E-state index in [0.29, 0.717) is 36.8 Å². The van der Waals surface area contributed by atoms with Crippen molar-refractivity contribution in [2.75, 3.05) is 0 Å². The molecule has 0 bridgehead atoms. The molecule has 40 heavy (non-hydrogen) atoms. The van der Waals surface area contributed by atoms with Crippen LogP contribution in [0.3, 0.4) is 0 Å². The van der Waals surface area contributed by atoms with E-state index in [9.17, 15) is 19.2 Å². The Hall–Kier alpha value is -2.74. The van der Waals surface area contributed by atoms with Crippen molar-refractivity contribution in [3.05, 3.63) is 34.9 Å². The molecule has 0 unspecified atom stereocenters. The van der Waals surface area contributed by atoms with Crippen molar-refractivity contribution in [3.63, 3.8) is 0 Å². The van der Waals surface area contributed by atoms with Gasteiger partial charge in [0.25, 0.3) is 0 Å². The third-order valence-corrected chi connectivity index (χ3v) is 11.5. The van der Waals surface area contributed by atoms with Gasteiger partial charge in [-0.1, -0.05) is 32.4 Å². The van der Waals surface area contributed by atoms with Crippen molar-refractivity contribution < 1.29 is 38.1 Å². The third-order valence-electron chi connectivity index (χ3n) is 11.5. The molecule has 0 aromatic carbocycles. The topological polar surface area (TPSA) is 109 Å². The molecular weight excluding hydrogens is 512 g/mol. The molecule has 0 amide bonds. The van der Waals surface area contributed by atoms with Gasteiger partial charge in [-0.2, -0.15) is 0 Å². The highest BCUT2D eigenvalue weighted by Crippen LogP contribution is 2.71. The summed E-state index contributed by atoms with van der Waals surface area (Å²) in [4.78, 5) is 51.4. The molecule has 1 saturated heterocycles. The van der Waals surface area contributed by atoms with Crippen molar-refractivity contribution in [2.24, 2.45) is 28.6 Å². The average molecular weight is 553 g/mol. The molecule has 2 fully saturated rings. The van der Waals surface area contributed by atoms with Gasteiger partial charge in [0, 0.05) is 48.3 Å². The summed E-state index contributed by atoms with van der Waals surface area (Å²) in [6, 6.07) is 0. The summed E-state index contributed by atoms with van der Waals surface area (Å²) in [5.74, 6) is -1.21. The average Bonchev–Trinajstić information content (AvgIpc) is 3.55. The standard InChI is InChI=1S/C32H40O8/c1-16-8-10-22(38-28(16)36)17(2)20-14-24(37-18(3)33)31(7)19-9-11-23-29(4,5)39-25(35)12-13-32(23)27(40-32)26(19)21(34)15-30(20,31)6/h8,12-13,17,20,22-24,27H,9-11,14-15H2,1-7H3/t17-,20+,22-,23-,24+,27+,30+,31+,32-/m0/s1. The maximum Gasteiger partial charge on any atom is 0.333 e. The first-order chi connectivity index (χ1) is 18.7. The summed E-state index contributed by atoms with van der Waals surface area (Å²) in [7, 11) is 0. The number of Topliss-reactive ketones (excluding diaryl/α,β-unsaturated/α-hetero) is 1. The van der Waals surface area contributed by atoms with Crippen molar-refractivity contribution in [3.8, 4) is 0 Å². The van der Waals surface area contributed by atoms with Crippen molar-refractivity contribution >= 4 is 23.7 Å². The van der Waals surface area contributed by atoms with Gasteiger partial charge < -0.3 is 18.9 Å². The van der Waals surface area contributed by atoms with Crippen LogP contribution < -0.4 is 0 Å². The number of fused-ring (bicyclic) bond motifs is 3. The van der Waals surface area contributed by atoms with E-state index >= 15 is 0 Å². The number of ether oxygens (including phenoxy) is 4. The number of rotatable bonds is 3. The second-order valence-electron chi connectivity index (χ2n) is 13.8.